The van der Waals surface area contributed by atoms with Gasteiger partial charge in [0.05, 0.1) is 16.2 Å². The fourth-order valence-electron chi connectivity index (χ4n) is 2.42. The highest BCUT2D eigenvalue weighted by atomic mass is 35.5. The van der Waals surface area contributed by atoms with Crippen LogP contribution in [0.1, 0.15) is 18.4 Å². The first-order chi connectivity index (χ1) is 11.0. The van der Waals surface area contributed by atoms with Crippen LogP contribution in [0.4, 0.5) is 11.4 Å². The second-order valence-corrected chi connectivity index (χ2v) is 6.42. The van der Waals surface area contributed by atoms with E-state index in [1.165, 1.54) is 0 Å². The van der Waals surface area contributed by atoms with E-state index in [9.17, 15) is 4.79 Å². The number of hydrogen-bond donors (Lipinski definition) is 2. The smallest absolute Gasteiger partial charge is 0.240 e. The van der Waals surface area contributed by atoms with Crippen molar-refractivity contribution in [3.8, 4) is 0 Å². The van der Waals surface area contributed by atoms with Crippen LogP contribution in [-0.4, -0.2) is 18.5 Å². The molecule has 23 heavy (non-hydrogen) atoms. The quantitative estimate of drug-likeness (QED) is 0.885. The second kappa shape index (κ2) is 6.22. The fourth-order valence-corrected chi connectivity index (χ4v) is 2.68. The lowest BCUT2D eigenvalue weighted by Gasteiger charge is -2.21. The summed E-state index contributed by atoms with van der Waals surface area (Å²) < 4.78 is 0. The summed E-state index contributed by atoms with van der Waals surface area (Å²) >= 11 is 6.23. The van der Waals surface area contributed by atoms with Gasteiger partial charge in [-0.3, -0.25) is 4.79 Å². The van der Waals surface area contributed by atoms with E-state index in [4.69, 9.17) is 17.3 Å². The summed E-state index contributed by atoms with van der Waals surface area (Å²) in [5.74, 6) is -0.0604. The number of para-hydroxylation sites is 1. The molecule has 1 aliphatic rings. The highest BCUT2D eigenvalue weighted by Crippen LogP contribution is 2.32. The van der Waals surface area contributed by atoms with E-state index >= 15 is 0 Å². The van der Waals surface area contributed by atoms with Crippen LogP contribution in [0.2, 0.25) is 5.02 Å². The maximum Gasteiger partial charge on any atom is 0.240 e. The lowest BCUT2D eigenvalue weighted by atomic mass is 10.1. The Bertz CT molecular complexity index is 710. The van der Waals surface area contributed by atoms with Crippen LogP contribution >= 0.6 is 11.6 Å². The number of carbonyl (C=O) groups excluding carboxylic acids is 1. The maximum atomic E-state index is 11.8. The predicted molar refractivity (Wildman–Crippen MR) is 94.0 cm³/mol. The molecular formula is C18H20ClN3O. The van der Waals surface area contributed by atoms with Crippen molar-refractivity contribution in [3.63, 3.8) is 0 Å². The lowest BCUT2D eigenvalue weighted by molar-refractivity contribution is -0.123. The highest BCUT2D eigenvalue weighted by molar-refractivity contribution is 6.33. The van der Waals surface area contributed by atoms with Crippen LogP contribution in [0.25, 0.3) is 0 Å². The molecular weight excluding hydrogens is 310 g/mol. The highest BCUT2D eigenvalue weighted by Gasteiger charge is 2.45. The number of rotatable bonds is 5. The summed E-state index contributed by atoms with van der Waals surface area (Å²) in [6.07, 6.45) is 1.56. The number of amides is 1. The Morgan fingerprint density at radius 2 is 1.87 bits per heavy atom. The molecule has 1 fully saturated rings. The molecule has 0 radical (unpaired) electrons. The molecule has 1 aliphatic carbocycles. The van der Waals surface area contributed by atoms with Gasteiger partial charge in [-0.25, -0.2) is 0 Å². The monoisotopic (exact) mass is 329 g/mol. The van der Waals surface area contributed by atoms with Gasteiger partial charge in [-0.05, 0) is 42.7 Å². The summed E-state index contributed by atoms with van der Waals surface area (Å²) in [6.45, 7) is 0.494. The van der Waals surface area contributed by atoms with Crippen molar-refractivity contribution in [1.29, 1.82) is 0 Å². The molecule has 5 heteroatoms. The number of nitrogens with one attached hydrogen (secondary N) is 1. The van der Waals surface area contributed by atoms with Crippen molar-refractivity contribution in [2.24, 2.45) is 5.73 Å². The van der Waals surface area contributed by atoms with Gasteiger partial charge in [0.25, 0.3) is 0 Å². The molecule has 0 atom stereocenters. The number of nitrogens with two attached hydrogens (primary N) is 1. The van der Waals surface area contributed by atoms with Crippen molar-refractivity contribution in [1.82, 2.24) is 5.32 Å². The van der Waals surface area contributed by atoms with E-state index in [1.807, 2.05) is 60.5 Å². The van der Waals surface area contributed by atoms with Crippen molar-refractivity contribution in [2.45, 2.75) is 24.9 Å². The molecule has 0 spiro atoms. The minimum atomic E-state index is -0.621. The van der Waals surface area contributed by atoms with E-state index in [0.717, 1.165) is 29.8 Å². The zero-order valence-electron chi connectivity index (χ0n) is 13.1. The van der Waals surface area contributed by atoms with Gasteiger partial charge < -0.3 is 16.0 Å². The molecule has 120 valence electrons. The largest absolute Gasteiger partial charge is 0.350 e. The average Bonchev–Trinajstić information content (AvgIpc) is 3.32. The van der Waals surface area contributed by atoms with E-state index < -0.39 is 5.54 Å². The van der Waals surface area contributed by atoms with Crippen LogP contribution in [0.5, 0.6) is 0 Å². The molecule has 0 unspecified atom stereocenters. The average molecular weight is 330 g/mol. The van der Waals surface area contributed by atoms with E-state index in [0.29, 0.717) is 11.6 Å². The number of anilines is 2. The van der Waals surface area contributed by atoms with Crippen LogP contribution in [0.3, 0.4) is 0 Å². The number of halogens is 1. The Morgan fingerprint density at radius 3 is 2.48 bits per heavy atom. The minimum absolute atomic E-state index is 0.0604. The number of nitrogens with zero attached hydrogens (tertiary/aromatic N) is 1. The van der Waals surface area contributed by atoms with Crippen molar-refractivity contribution in [2.75, 3.05) is 11.9 Å². The van der Waals surface area contributed by atoms with E-state index in [2.05, 4.69) is 5.32 Å². The molecule has 0 heterocycles. The van der Waals surface area contributed by atoms with Gasteiger partial charge in [-0.15, -0.1) is 0 Å². The number of benzene rings is 2. The van der Waals surface area contributed by atoms with Crippen molar-refractivity contribution in [3.05, 3.63) is 59.1 Å². The molecule has 3 rings (SSSR count). The first-order valence-corrected chi connectivity index (χ1v) is 8.02. The Kier molecular flexibility index (Phi) is 4.28. The third-order valence-electron chi connectivity index (χ3n) is 4.23. The van der Waals surface area contributed by atoms with Crippen molar-refractivity contribution >= 4 is 28.9 Å². The van der Waals surface area contributed by atoms with E-state index in [1.54, 1.807) is 0 Å². The van der Waals surface area contributed by atoms with Crippen LogP contribution in [0, 0.1) is 0 Å². The first kappa shape index (κ1) is 15.8. The van der Waals surface area contributed by atoms with Crippen LogP contribution in [0.15, 0.2) is 48.5 Å². The normalized spacial score (nSPS) is 15.1. The fraction of sp³-hybridized carbons (Fsp3) is 0.278. The Hall–Kier alpha value is -2.04. The second-order valence-electron chi connectivity index (χ2n) is 6.02. The molecule has 0 bridgehead atoms. The van der Waals surface area contributed by atoms with Gasteiger partial charge in [-0.1, -0.05) is 35.9 Å². The first-order valence-electron chi connectivity index (χ1n) is 7.64. The molecule has 2 aromatic rings. The van der Waals surface area contributed by atoms with E-state index in [-0.39, 0.29) is 5.91 Å². The van der Waals surface area contributed by atoms with Gasteiger partial charge >= 0.3 is 0 Å². The maximum absolute atomic E-state index is 11.8. The van der Waals surface area contributed by atoms with Crippen LogP contribution < -0.4 is 16.0 Å². The van der Waals surface area contributed by atoms with Gasteiger partial charge in [0.2, 0.25) is 5.91 Å². The summed E-state index contributed by atoms with van der Waals surface area (Å²) in [6, 6.07) is 15.8. The molecule has 0 aromatic heterocycles. The molecule has 0 saturated heterocycles. The summed E-state index contributed by atoms with van der Waals surface area (Å²) in [7, 11) is 1.98. The molecule has 2 aromatic carbocycles. The third-order valence-corrected chi connectivity index (χ3v) is 4.55. The SMILES string of the molecule is CN(c1ccc(CNC(=O)C2(N)CC2)cc1)c1ccccc1Cl. The lowest BCUT2D eigenvalue weighted by Crippen LogP contribution is -2.42. The third kappa shape index (κ3) is 3.49. The number of hydrogen-bond acceptors (Lipinski definition) is 3. The Morgan fingerprint density at radius 1 is 1.22 bits per heavy atom. The topological polar surface area (TPSA) is 58.4 Å². The minimum Gasteiger partial charge on any atom is -0.350 e. The Labute approximate surface area is 141 Å². The number of carbonyl (C=O) groups is 1. The summed E-state index contributed by atoms with van der Waals surface area (Å²) in [4.78, 5) is 13.9. The van der Waals surface area contributed by atoms with Crippen LogP contribution in [-0.2, 0) is 11.3 Å². The van der Waals surface area contributed by atoms with Gasteiger partial charge in [0, 0.05) is 19.3 Å². The summed E-state index contributed by atoms with van der Waals surface area (Å²) in [5.41, 5.74) is 8.27. The van der Waals surface area contributed by atoms with Gasteiger partial charge in [0.1, 0.15) is 0 Å². The molecule has 1 amide bonds. The van der Waals surface area contributed by atoms with Crippen molar-refractivity contribution < 1.29 is 4.79 Å². The molecule has 3 N–H and O–H groups in total. The van der Waals surface area contributed by atoms with Gasteiger partial charge in [0.15, 0.2) is 0 Å². The molecule has 4 nitrogen and oxygen atoms in total. The molecule has 1 saturated carbocycles. The molecule has 0 aliphatic heterocycles. The van der Waals surface area contributed by atoms with Gasteiger partial charge in [-0.2, -0.15) is 0 Å². The zero-order valence-corrected chi connectivity index (χ0v) is 13.8. The Balaban J connectivity index is 1.65. The summed E-state index contributed by atoms with van der Waals surface area (Å²) in [5, 5.41) is 3.60. The zero-order chi connectivity index (χ0) is 16.4. The standard InChI is InChI=1S/C18H20ClN3O/c1-22(16-5-3-2-4-15(16)19)14-8-6-13(7-9-14)12-21-17(23)18(20)10-11-18/h2-9H,10-12,20H2,1H3,(H,21,23). The predicted octanol–water partition coefficient (Wildman–Crippen LogP) is 3.22.